The summed E-state index contributed by atoms with van der Waals surface area (Å²) in [6.45, 7) is 0. The van der Waals surface area contributed by atoms with Crippen LogP contribution in [0.15, 0.2) is 182 Å². The quantitative estimate of drug-likeness (QED) is 0.191. The first-order valence-electron chi connectivity index (χ1n) is 16.6. The summed E-state index contributed by atoms with van der Waals surface area (Å²) in [5.74, 6) is 0. The van der Waals surface area contributed by atoms with Gasteiger partial charge in [0.15, 0.2) is 0 Å². The van der Waals surface area contributed by atoms with Crippen molar-refractivity contribution >= 4 is 10.8 Å². The molecule has 0 amide bonds. The Morgan fingerprint density at radius 3 is 1.65 bits per heavy atom. The van der Waals surface area contributed by atoms with Gasteiger partial charge in [-0.15, -0.1) is 0 Å². The first kappa shape index (κ1) is 28.6. The number of hydrogen-bond donors (Lipinski definition) is 0. The lowest BCUT2D eigenvalue weighted by atomic mass is 9.67. The molecule has 1 heterocycles. The molecule has 0 unspecified atom stereocenters. The Labute approximate surface area is 286 Å². The molecule has 0 spiro atoms. The van der Waals surface area contributed by atoms with Crippen LogP contribution < -0.4 is 0 Å². The molecule has 0 saturated heterocycles. The molecule has 1 aliphatic carbocycles. The average Bonchev–Trinajstić information content (AvgIpc) is 3.49. The third-order valence-electron chi connectivity index (χ3n) is 10.1. The van der Waals surface area contributed by atoms with Crippen LogP contribution in [-0.2, 0) is 5.41 Å². The van der Waals surface area contributed by atoms with Gasteiger partial charge in [-0.05, 0) is 102 Å². The summed E-state index contributed by atoms with van der Waals surface area (Å²) in [5, 5.41) is 11.9. The van der Waals surface area contributed by atoms with Gasteiger partial charge >= 0.3 is 0 Å². The van der Waals surface area contributed by atoms with Crippen LogP contribution in [0, 0.1) is 11.3 Å². The van der Waals surface area contributed by atoms with E-state index in [2.05, 4.69) is 175 Å². The molecule has 0 atom stereocenters. The van der Waals surface area contributed by atoms with E-state index in [9.17, 15) is 5.26 Å². The highest BCUT2D eigenvalue weighted by Crippen LogP contribution is 2.59. The van der Waals surface area contributed by atoms with Crippen molar-refractivity contribution in [2.24, 2.45) is 0 Å². The van der Waals surface area contributed by atoms with E-state index >= 15 is 0 Å². The Bertz CT molecular complexity index is 2490. The van der Waals surface area contributed by atoms with Crippen LogP contribution in [0.2, 0.25) is 0 Å². The lowest BCUT2D eigenvalue weighted by Gasteiger charge is -2.34. The highest BCUT2D eigenvalue weighted by Gasteiger charge is 2.47. The molecule has 0 N–H and O–H groups in total. The van der Waals surface area contributed by atoms with Crippen LogP contribution in [-0.4, -0.2) is 4.98 Å². The van der Waals surface area contributed by atoms with Gasteiger partial charge in [0.1, 0.15) is 11.8 Å². The minimum absolute atomic E-state index is 0.416. The number of hydrogen-bond acceptors (Lipinski definition) is 2. The van der Waals surface area contributed by atoms with Crippen molar-refractivity contribution in [2.75, 3.05) is 0 Å². The molecule has 9 rings (SSSR count). The van der Waals surface area contributed by atoms with E-state index in [1.54, 1.807) is 6.20 Å². The summed E-state index contributed by atoms with van der Waals surface area (Å²) in [6, 6.07) is 65.7. The highest BCUT2D eigenvalue weighted by atomic mass is 14.7. The average molecular weight is 623 g/mol. The second kappa shape index (κ2) is 11.6. The van der Waals surface area contributed by atoms with Gasteiger partial charge < -0.3 is 0 Å². The second-order valence-electron chi connectivity index (χ2n) is 12.6. The highest BCUT2D eigenvalue weighted by molar-refractivity contribution is 6.10. The lowest BCUT2D eigenvalue weighted by Crippen LogP contribution is -2.28. The predicted molar refractivity (Wildman–Crippen MR) is 200 cm³/mol. The molecule has 49 heavy (non-hydrogen) atoms. The Morgan fingerprint density at radius 2 is 0.980 bits per heavy atom. The van der Waals surface area contributed by atoms with E-state index < -0.39 is 5.41 Å². The van der Waals surface area contributed by atoms with Gasteiger partial charge in [0.2, 0.25) is 0 Å². The predicted octanol–water partition coefficient (Wildman–Crippen LogP) is 11.5. The van der Waals surface area contributed by atoms with Gasteiger partial charge in [-0.3, -0.25) is 0 Å². The van der Waals surface area contributed by atoms with Gasteiger partial charge in [0.05, 0.1) is 5.41 Å². The standard InChI is InChI=1S/C47H30N2/c48-31-39-28-36(26-27-49-39)33-20-22-34(23-21-33)43-30-45-46(41-19-11-10-18-40(41)43)42-25-24-35(32-12-4-1-5-13-32)29-44(42)47(45,37-14-6-2-7-15-37)38-16-8-3-9-17-38/h1-30H. The van der Waals surface area contributed by atoms with Gasteiger partial charge in [-0.2, -0.15) is 5.26 Å². The molecular weight excluding hydrogens is 593 g/mol. The van der Waals surface area contributed by atoms with Crippen molar-refractivity contribution in [3.63, 3.8) is 0 Å². The summed E-state index contributed by atoms with van der Waals surface area (Å²) >= 11 is 0. The summed E-state index contributed by atoms with van der Waals surface area (Å²) in [7, 11) is 0. The summed E-state index contributed by atoms with van der Waals surface area (Å²) in [4.78, 5) is 4.16. The number of pyridine rings is 1. The van der Waals surface area contributed by atoms with Crippen LogP contribution in [0.4, 0.5) is 0 Å². The van der Waals surface area contributed by atoms with E-state index in [0.29, 0.717) is 5.69 Å². The van der Waals surface area contributed by atoms with E-state index in [0.717, 1.165) is 16.7 Å². The molecule has 0 aliphatic heterocycles. The molecule has 2 nitrogen and oxygen atoms in total. The molecule has 0 saturated carbocycles. The first-order valence-corrected chi connectivity index (χ1v) is 16.6. The van der Waals surface area contributed by atoms with E-state index in [1.165, 1.54) is 60.8 Å². The van der Waals surface area contributed by atoms with Crippen molar-refractivity contribution in [1.82, 2.24) is 4.98 Å². The molecule has 7 aromatic carbocycles. The van der Waals surface area contributed by atoms with Crippen LogP contribution in [0.1, 0.15) is 27.9 Å². The number of nitrogens with zero attached hydrogens (tertiary/aromatic N) is 2. The number of fused-ring (bicyclic) bond motifs is 5. The van der Waals surface area contributed by atoms with E-state index in [4.69, 9.17) is 0 Å². The smallest absolute Gasteiger partial charge is 0.141 e. The Morgan fingerprint density at radius 1 is 0.429 bits per heavy atom. The molecule has 228 valence electrons. The maximum absolute atomic E-state index is 9.41. The summed E-state index contributed by atoms with van der Waals surface area (Å²) < 4.78 is 0. The number of nitriles is 1. The third-order valence-corrected chi connectivity index (χ3v) is 10.1. The van der Waals surface area contributed by atoms with E-state index in [-0.39, 0.29) is 0 Å². The van der Waals surface area contributed by atoms with Crippen molar-refractivity contribution in [2.45, 2.75) is 5.41 Å². The Kier molecular flexibility index (Phi) is 6.78. The molecule has 1 aromatic heterocycles. The molecule has 0 radical (unpaired) electrons. The first-order chi connectivity index (χ1) is 24.3. The van der Waals surface area contributed by atoms with E-state index in [1.807, 2.05) is 12.1 Å². The fraction of sp³-hybridized carbons (Fsp3) is 0.0213. The van der Waals surface area contributed by atoms with Gasteiger partial charge in [0.25, 0.3) is 0 Å². The van der Waals surface area contributed by atoms with Crippen molar-refractivity contribution in [1.29, 1.82) is 5.26 Å². The molecule has 2 heteroatoms. The zero-order chi connectivity index (χ0) is 32.8. The maximum atomic E-state index is 9.41. The Hall–Kier alpha value is -6.56. The van der Waals surface area contributed by atoms with Gasteiger partial charge in [-0.1, -0.05) is 152 Å². The molecule has 1 aliphatic rings. The van der Waals surface area contributed by atoms with Gasteiger partial charge in [-0.25, -0.2) is 4.98 Å². The van der Waals surface area contributed by atoms with Gasteiger partial charge in [0, 0.05) is 6.20 Å². The van der Waals surface area contributed by atoms with Crippen LogP contribution in [0.25, 0.3) is 55.3 Å². The van der Waals surface area contributed by atoms with Crippen molar-refractivity contribution in [3.05, 3.63) is 210 Å². The fourth-order valence-electron chi connectivity index (χ4n) is 7.91. The van der Waals surface area contributed by atoms with Crippen LogP contribution in [0.5, 0.6) is 0 Å². The number of rotatable bonds is 5. The zero-order valence-corrected chi connectivity index (χ0v) is 26.7. The minimum Gasteiger partial charge on any atom is -0.246 e. The number of aromatic nitrogens is 1. The number of benzene rings is 7. The van der Waals surface area contributed by atoms with Crippen molar-refractivity contribution < 1.29 is 0 Å². The topological polar surface area (TPSA) is 36.7 Å². The van der Waals surface area contributed by atoms with Crippen molar-refractivity contribution in [3.8, 4) is 50.6 Å². The normalized spacial score (nSPS) is 12.6. The summed E-state index contributed by atoms with van der Waals surface area (Å²) in [5.41, 5.74) is 14.3. The fourth-order valence-corrected chi connectivity index (χ4v) is 7.91. The monoisotopic (exact) mass is 622 g/mol. The molecule has 0 bridgehead atoms. The second-order valence-corrected chi connectivity index (χ2v) is 12.6. The zero-order valence-electron chi connectivity index (χ0n) is 26.7. The molecular formula is C47H30N2. The molecule has 8 aromatic rings. The summed E-state index contributed by atoms with van der Waals surface area (Å²) in [6.07, 6.45) is 1.70. The maximum Gasteiger partial charge on any atom is 0.141 e. The minimum atomic E-state index is -0.540. The van der Waals surface area contributed by atoms with Crippen LogP contribution in [0.3, 0.4) is 0 Å². The lowest BCUT2D eigenvalue weighted by molar-refractivity contribution is 0.769. The van der Waals surface area contributed by atoms with Crippen LogP contribution >= 0.6 is 0 Å². The Balaban J connectivity index is 1.35. The molecule has 0 fully saturated rings. The third kappa shape index (κ3) is 4.52. The SMILES string of the molecule is N#Cc1cc(-c2ccc(-c3cc4c(c5ccccc35)-c3ccc(-c5ccccc5)cc3C4(c3ccccc3)c3ccccc3)cc2)ccn1. The largest absolute Gasteiger partial charge is 0.246 e.